The van der Waals surface area contributed by atoms with Gasteiger partial charge in [-0.25, -0.2) is 14.6 Å². The Hall–Kier alpha value is -4.01. The first-order valence-electron chi connectivity index (χ1n) is 9.50. The van der Waals surface area contributed by atoms with E-state index in [1.807, 2.05) is 6.92 Å². The molecule has 0 aliphatic carbocycles. The summed E-state index contributed by atoms with van der Waals surface area (Å²) in [7, 11) is 0. The van der Waals surface area contributed by atoms with E-state index in [2.05, 4.69) is 20.5 Å². The summed E-state index contributed by atoms with van der Waals surface area (Å²) >= 11 is 0. The number of carbonyl (C=O) groups excluding carboxylic acids is 1. The predicted octanol–water partition coefficient (Wildman–Crippen LogP) is 2.96. The molecule has 0 unspecified atom stereocenters. The van der Waals surface area contributed by atoms with E-state index in [1.165, 1.54) is 18.3 Å². The standard InChI is InChI=1S/C22H21FN4O4/c1-3-30-20-11-15(8-9-19(20)31-13-16-6-4-5-7-17(16)23)12-24-27-21(28)18-10-14(2)25-22(29)26-18/h4-12H,3,13H2,1-2H3,(H,27,28)(H,25,26,29)/b24-12+. The molecule has 0 aliphatic rings. The van der Waals surface area contributed by atoms with Crippen molar-refractivity contribution < 1.29 is 18.7 Å². The van der Waals surface area contributed by atoms with Crippen LogP contribution in [0.5, 0.6) is 11.5 Å². The summed E-state index contributed by atoms with van der Waals surface area (Å²) in [5.41, 5.74) is 3.26. The molecule has 8 nitrogen and oxygen atoms in total. The van der Waals surface area contributed by atoms with Crippen LogP contribution in [0.1, 0.15) is 34.2 Å². The molecule has 2 aromatic carbocycles. The number of ether oxygens (including phenoxy) is 2. The molecule has 9 heteroatoms. The van der Waals surface area contributed by atoms with Gasteiger partial charge in [0.05, 0.1) is 12.8 Å². The van der Waals surface area contributed by atoms with Gasteiger partial charge in [0.15, 0.2) is 11.5 Å². The number of halogens is 1. The third-order valence-electron chi connectivity index (χ3n) is 4.10. The fourth-order valence-electron chi connectivity index (χ4n) is 2.68. The van der Waals surface area contributed by atoms with Crippen molar-refractivity contribution >= 4 is 12.1 Å². The van der Waals surface area contributed by atoms with Crippen molar-refractivity contribution in [1.82, 2.24) is 15.4 Å². The number of aromatic amines is 1. The maximum atomic E-state index is 13.8. The number of nitrogens with one attached hydrogen (secondary N) is 2. The molecule has 2 N–H and O–H groups in total. The van der Waals surface area contributed by atoms with Crippen molar-refractivity contribution in [1.29, 1.82) is 0 Å². The summed E-state index contributed by atoms with van der Waals surface area (Å²) in [6.45, 7) is 3.94. The van der Waals surface area contributed by atoms with Gasteiger partial charge in [-0.2, -0.15) is 10.1 Å². The van der Waals surface area contributed by atoms with Crippen LogP contribution in [0.4, 0.5) is 4.39 Å². The third-order valence-corrected chi connectivity index (χ3v) is 4.10. The highest BCUT2D eigenvalue weighted by Crippen LogP contribution is 2.29. The highest BCUT2D eigenvalue weighted by atomic mass is 19.1. The number of amides is 1. The minimum Gasteiger partial charge on any atom is -0.490 e. The summed E-state index contributed by atoms with van der Waals surface area (Å²) in [5.74, 6) is -0.0409. The average molecular weight is 424 g/mol. The van der Waals surface area contributed by atoms with Crippen LogP contribution >= 0.6 is 0 Å². The third kappa shape index (κ3) is 5.99. The number of carbonyl (C=O) groups is 1. The molecule has 0 radical (unpaired) electrons. The van der Waals surface area contributed by atoms with Crippen LogP contribution in [0.15, 0.2) is 58.4 Å². The SMILES string of the molecule is CCOc1cc(/C=N/NC(=O)c2cc(C)[nH]c(=O)n2)ccc1OCc1ccccc1F. The van der Waals surface area contributed by atoms with Gasteiger partial charge >= 0.3 is 5.69 Å². The second-order valence-electron chi connectivity index (χ2n) is 6.47. The highest BCUT2D eigenvalue weighted by Gasteiger charge is 2.10. The van der Waals surface area contributed by atoms with Gasteiger partial charge in [0.25, 0.3) is 5.91 Å². The predicted molar refractivity (Wildman–Crippen MR) is 113 cm³/mol. The Morgan fingerprint density at radius 2 is 2.00 bits per heavy atom. The quantitative estimate of drug-likeness (QED) is 0.427. The Bertz CT molecular complexity index is 1160. The van der Waals surface area contributed by atoms with E-state index >= 15 is 0 Å². The Balaban J connectivity index is 1.68. The van der Waals surface area contributed by atoms with Gasteiger partial charge in [0.1, 0.15) is 18.1 Å². The first kappa shape index (κ1) is 21.7. The van der Waals surface area contributed by atoms with Crippen LogP contribution in [-0.4, -0.2) is 28.7 Å². The number of nitrogens with zero attached hydrogens (tertiary/aromatic N) is 2. The lowest BCUT2D eigenvalue weighted by Crippen LogP contribution is -2.24. The molecule has 0 fully saturated rings. The minimum absolute atomic E-state index is 0.0368. The highest BCUT2D eigenvalue weighted by molar-refractivity contribution is 5.93. The molecule has 0 aliphatic heterocycles. The van der Waals surface area contributed by atoms with E-state index in [0.717, 1.165) is 0 Å². The van der Waals surface area contributed by atoms with Gasteiger partial charge in [0, 0.05) is 11.3 Å². The van der Waals surface area contributed by atoms with Gasteiger partial charge in [-0.15, -0.1) is 0 Å². The Labute approximate surface area is 177 Å². The van der Waals surface area contributed by atoms with Crippen molar-refractivity contribution in [2.45, 2.75) is 20.5 Å². The normalized spacial score (nSPS) is 10.8. The summed E-state index contributed by atoms with van der Waals surface area (Å²) in [4.78, 5) is 29.5. The van der Waals surface area contributed by atoms with Crippen molar-refractivity contribution in [2.75, 3.05) is 6.61 Å². The topological polar surface area (TPSA) is 106 Å². The first-order chi connectivity index (χ1) is 15.0. The molecular weight excluding hydrogens is 403 g/mol. The van der Waals surface area contributed by atoms with Crippen molar-refractivity contribution in [2.24, 2.45) is 5.10 Å². The average Bonchev–Trinajstić information content (AvgIpc) is 2.73. The lowest BCUT2D eigenvalue weighted by Gasteiger charge is -2.13. The van der Waals surface area contributed by atoms with E-state index in [9.17, 15) is 14.0 Å². The molecule has 160 valence electrons. The Morgan fingerprint density at radius 3 is 2.74 bits per heavy atom. The Kier molecular flexibility index (Phi) is 7.10. The molecule has 3 aromatic rings. The summed E-state index contributed by atoms with van der Waals surface area (Å²) in [5, 5.41) is 3.89. The van der Waals surface area contributed by atoms with Gasteiger partial charge in [-0.05, 0) is 49.7 Å². The zero-order valence-electron chi connectivity index (χ0n) is 17.0. The van der Waals surface area contributed by atoms with Crippen molar-refractivity contribution in [3.63, 3.8) is 0 Å². The fraction of sp³-hybridized carbons (Fsp3) is 0.182. The number of aromatic nitrogens is 2. The molecule has 0 saturated carbocycles. The summed E-state index contributed by atoms with van der Waals surface area (Å²) < 4.78 is 25.1. The van der Waals surface area contributed by atoms with E-state index in [1.54, 1.807) is 43.3 Å². The molecule has 3 rings (SSSR count). The number of benzene rings is 2. The van der Waals surface area contributed by atoms with E-state index in [0.29, 0.717) is 34.9 Å². The minimum atomic E-state index is -0.611. The molecule has 0 spiro atoms. The summed E-state index contributed by atoms with van der Waals surface area (Å²) in [6.07, 6.45) is 1.42. The van der Waals surface area contributed by atoms with Crippen LogP contribution in [0, 0.1) is 12.7 Å². The molecule has 1 amide bonds. The van der Waals surface area contributed by atoms with E-state index in [4.69, 9.17) is 9.47 Å². The number of hydrogen-bond acceptors (Lipinski definition) is 6. The van der Waals surface area contributed by atoms with Crippen LogP contribution in [-0.2, 0) is 6.61 Å². The largest absolute Gasteiger partial charge is 0.490 e. The molecule has 1 aromatic heterocycles. The van der Waals surface area contributed by atoms with Gasteiger partial charge in [-0.3, -0.25) is 4.79 Å². The number of aryl methyl sites for hydroxylation is 1. The molecule has 0 bridgehead atoms. The molecular formula is C22H21FN4O4. The summed E-state index contributed by atoms with van der Waals surface area (Å²) in [6, 6.07) is 12.9. The van der Waals surface area contributed by atoms with Crippen LogP contribution < -0.4 is 20.6 Å². The number of H-pyrrole nitrogens is 1. The number of hydrazone groups is 1. The first-order valence-corrected chi connectivity index (χ1v) is 9.50. The Morgan fingerprint density at radius 1 is 1.19 bits per heavy atom. The second kappa shape index (κ2) is 10.1. The molecule has 1 heterocycles. The zero-order valence-corrected chi connectivity index (χ0v) is 17.0. The fourth-order valence-corrected chi connectivity index (χ4v) is 2.68. The van der Waals surface area contributed by atoms with Gasteiger partial charge in [-0.1, -0.05) is 18.2 Å². The second-order valence-corrected chi connectivity index (χ2v) is 6.47. The van der Waals surface area contributed by atoms with Crippen molar-refractivity contribution in [3.05, 3.63) is 87.3 Å². The van der Waals surface area contributed by atoms with E-state index in [-0.39, 0.29) is 18.1 Å². The smallest absolute Gasteiger partial charge is 0.345 e. The van der Waals surface area contributed by atoms with Crippen LogP contribution in [0.25, 0.3) is 0 Å². The molecule has 0 atom stereocenters. The monoisotopic (exact) mass is 424 g/mol. The number of rotatable bonds is 8. The number of hydrogen-bond donors (Lipinski definition) is 2. The molecule has 0 saturated heterocycles. The van der Waals surface area contributed by atoms with Crippen molar-refractivity contribution in [3.8, 4) is 11.5 Å². The van der Waals surface area contributed by atoms with Crippen LogP contribution in [0.3, 0.4) is 0 Å². The maximum Gasteiger partial charge on any atom is 0.345 e. The van der Waals surface area contributed by atoms with Gasteiger partial charge < -0.3 is 14.5 Å². The van der Waals surface area contributed by atoms with Gasteiger partial charge in [0.2, 0.25) is 0 Å². The maximum absolute atomic E-state index is 13.8. The lowest BCUT2D eigenvalue weighted by atomic mass is 10.2. The van der Waals surface area contributed by atoms with E-state index < -0.39 is 11.6 Å². The van der Waals surface area contributed by atoms with Crippen LogP contribution in [0.2, 0.25) is 0 Å². The lowest BCUT2D eigenvalue weighted by molar-refractivity contribution is 0.0949. The zero-order chi connectivity index (χ0) is 22.2. The molecule has 31 heavy (non-hydrogen) atoms.